The van der Waals surface area contributed by atoms with E-state index in [2.05, 4.69) is 32.3 Å². The predicted octanol–water partition coefficient (Wildman–Crippen LogP) is 4.59. The van der Waals surface area contributed by atoms with Crippen LogP contribution in [0, 0.1) is 0 Å². The molecule has 0 aromatic heterocycles. The van der Waals surface area contributed by atoms with Gasteiger partial charge < -0.3 is 9.64 Å². The number of benzene rings is 1. The maximum absolute atomic E-state index is 11.2. The predicted molar refractivity (Wildman–Crippen MR) is 102 cm³/mol. The molecule has 23 heavy (non-hydrogen) atoms. The molecule has 0 heterocycles. The van der Waals surface area contributed by atoms with E-state index in [-0.39, 0.29) is 18.4 Å². The Labute approximate surface area is 147 Å². The molecule has 0 atom stereocenters. The first-order valence-electron chi connectivity index (χ1n) is 7.90. The summed E-state index contributed by atoms with van der Waals surface area (Å²) in [6, 6.07) is 9.72. The number of nitrogens with zero attached hydrogens (tertiary/aromatic N) is 1. The van der Waals surface area contributed by atoms with E-state index in [0.717, 1.165) is 5.56 Å². The SMILES string of the molecule is C=C(C=Cc1ccccc1)C(=O)OCC.CCN(CC)CC.Cl. The molecular formula is C19H30ClNO2. The van der Waals surface area contributed by atoms with E-state index in [4.69, 9.17) is 4.74 Å². The van der Waals surface area contributed by atoms with E-state index in [0.29, 0.717) is 12.2 Å². The second-order valence-electron chi connectivity index (χ2n) is 4.61. The Morgan fingerprint density at radius 2 is 1.61 bits per heavy atom. The number of carbonyl (C=O) groups excluding carboxylic acids is 1. The summed E-state index contributed by atoms with van der Waals surface area (Å²) in [5, 5.41) is 0. The number of ether oxygens (including phenoxy) is 1. The number of carbonyl (C=O) groups is 1. The fourth-order valence-corrected chi connectivity index (χ4v) is 1.72. The average molecular weight is 340 g/mol. The Balaban J connectivity index is 0. The van der Waals surface area contributed by atoms with Gasteiger partial charge in [0.1, 0.15) is 0 Å². The molecule has 0 saturated carbocycles. The zero-order chi connectivity index (χ0) is 16.8. The van der Waals surface area contributed by atoms with Crippen molar-refractivity contribution in [3.05, 3.63) is 54.1 Å². The monoisotopic (exact) mass is 339 g/mol. The lowest BCUT2D eigenvalue weighted by molar-refractivity contribution is -0.138. The first-order chi connectivity index (χ1) is 10.6. The summed E-state index contributed by atoms with van der Waals surface area (Å²) in [5.41, 5.74) is 1.39. The lowest BCUT2D eigenvalue weighted by Crippen LogP contribution is -2.21. The van der Waals surface area contributed by atoms with Crippen LogP contribution >= 0.6 is 12.4 Å². The van der Waals surface area contributed by atoms with E-state index in [9.17, 15) is 4.79 Å². The summed E-state index contributed by atoms with van der Waals surface area (Å²) in [6.45, 7) is 15.9. The molecule has 1 aromatic carbocycles. The Bertz CT molecular complexity index is 448. The summed E-state index contributed by atoms with van der Waals surface area (Å²) < 4.78 is 4.80. The van der Waals surface area contributed by atoms with Gasteiger partial charge in [0.15, 0.2) is 0 Å². The first-order valence-corrected chi connectivity index (χ1v) is 7.90. The summed E-state index contributed by atoms with van der Waals surface area (Å²) in [6.07, 6.45) is 3.49. The number of hydrogen-bond acceptors (Lipinski definition) is 3. The van der Waals surface area contributed by atoms with Crippen LogP contribution in [0.15, 0.2) is 48.6 Å². The van der Waals surface area contributed by atoms with Crippen molar-refractivity contribution < 1.29 is 9.53 Å². The van der Waals surface area contributed by atoms with Crippen molar-refractivity contribution >= 4 is 24.5 Å². The van der Waals surface area contributed by atoms with E-state index in [1.54, 1.807) is 13.0 Å². The van der Waals surface area contributed by atoms with Crippen molar-refractivity contribution in [3.63, 3.8) is 0 Å². The zero-order valence-electron chi connectivity index (χ0n) is 14.7. The Morgan fingerprint density at radius 1 is 1.09 bits per heavy atom. The summed E-state index contributed by atoms with van der Waals surface area (Å²) in [4.78, 5) is 13.6. The van der Waals surface area contributed by atoms with Gasteiger partial charge in [-0.15, -0.1) is 12.4 Å². The molecule has 0 aliphatic carbocycles. The molecule has 1 rings (SSSR count). The van der Waals surface area contributed by atoms with Gasteiger partial charge in [-0.1, -0.05) is 63.8 Å². The van der Waals surface area contributed by atoms with Crippen LogP contribution in [0.3, 0.4) is 0 Å². The number of halogens is 1. The molecule has 0 bridgehead atoms. The Morgan fingerprint density at radius 3 is 2.00 bits per heavy atom. The molecule has 0 aliphatic rings. The third kappa shape index (κ3) is 11.6. The van der Waals surface area contributed by atoms with Gasteiger partial charge in [0, 0.05) is 0 Å². The molecule has 0 fully saturated rings. The highest BCUT2D eigenvalue weighted by molar-refractivity contribution is 5.92. The highest BCUT2D eigenvalue weighted by Crippen LogP contribution is 2.05. The van der Waals surface area contributed by atoms with Crippen LogP contribution in [0.4, 0.5) is 0 Å². The minimum absolute atomic E-state index is 0. The molecule has 0 radical (unpaired) electrons. The van der Waals surface area contributed by atoms with Crippen molar-refractivity contribution in [2.75, 3.05) is 26.2 Å². The maximum Gasteiger partial charge on any atom is 0.337 e. The topological polar surface area (TPSA) is 29.5 Å². The highest BCUT2D eigenvalue weighted by Gasteiger charge is 2.02. The fraction of sp³-hybridized carbons (Fsp3) is 0.421. The first kappa shape index (κ1) is 23.7. The van der Waals surface area contributed by atoms with Crippen molar-refractivity contribution in [2.24, 2.45) is 0 Å². The number of hydrogen-bond donors (Lipinski definition) is 0. The second kappa shape index (κ2) is 15.3. The van der Waals surface area contributed by atoms with Crippen LogP contribution in [0.25, 0.3) is 6.08 Å². The largest absolute Gasteiger partial charge is 0.462 e. The number of rotatable bonds is 7. The van der Waals surface area contributed by atoms with Crippen LogP contribution in [-0.2, 0) is 9.53 Å². The van der Waals surface area contributed by atoms with Gasteiger partial charge in [-0.2, -0.15) is 0 Å². The average Bonchev–Trinajstić information content (AvgIpc) is 2.56. The van der Waals surface area contributed by atoms with Crippen LogP contribution in [0.5, 0.6) is 0 Å². The molecule has 1 aromatic rings. The van der Waals surface area contributed by atoms with Crippen molar-refractivity contribution in [1.29, 1.82) is 0 Å². The smallest absolute Gasteiger partial charge is 0.337 e. The van der Waals surface area contributed by atoms with Crippen molar-refractivity contribution in [1.82, 2.24) is 4.90 Å². The molecule has 0 saturated heterocycles. The third-order valence-corrected chi connectivity index (χ3v) is 3.16. The van der Waals surface area contributed by atoms with Crippen LogP contribution in [0.1, 0.15) is 33.3 Å². The van der Waals surface area contributed by atoms with Gasteiger partial charge in [-0.05, 0) is 38.2 Å². The fourth-order valence-electron chi connectivity index (χ4n) is 1.72. The maximum atomic E-state index is 11.2. The van der Waals surface area contributed by atoms with Crippen LogP contribution in [-0.4, -0.2) is 37.1 Å². The minimum Gasteiger partial charge on any atom is -0.462 e. The second-order valence-corrected chi connectivity index (χ2v) is 4.61. The van der Waals surface area contributed by atoms with Gasteiger partial charge in [0.2, 0.25) is 0 Å². The van der Waals surface area contributed by atoms with E-state index >= 15 is 0 Å². The molecular weight excluding hydrogens is 310 g/mol. The molecule has 0 unspecified atom stereocenters. The van der Waals surface area contributed by atoms with E-state index in [1.807, 2.05) is 36.4 Å². The molecule has 130 valence electrons. The third-order valence-electron chi connectivity index (χ3n) is 3.16. The summed E-state index contributed by atoms with van der Waals surface area (Å²) in [7, 11) is 0. The number of esters is 1. The van der Waals surface area contributed by atoms with Gasteiger partial charge >= 0.3 is 5.97 Å². The van der Waals surface area contributed by atoms with E-state index in [1.165, 1.54) is 19.6 Å². The minimum atomic E-state index is -0.371. The standard InChI is InChI=1S/C13H14O2.C6H15N.ClH/c1-3-15-13(14)11(2)9-10-12-7-5-4-6-8-12;1-4-7(5-2)6-3;/h4-10H,2-3H2,1H3;4-6H2,1-3H3;1H. The van der Waals surface area contributed by atoms with Crippen molar-refractivity contribution in [3.8, 4) is 0 Å². The zero-order valence-corrected chi connectivity index (χ0v) is 15.6. The van der Waals surface area contributed by atoms with Gasteiger partial charge in [0.05, 0.1) is 12.2 Å². The molecule has 0 amide bonds. The molecule has 3 nitrogen and oxygen atoms in total. The Hall–Kier alpha value is -1.58. The Kier molecular flexibility index (Phi) is 15.8. The van der Waals surface area contributed by atoms with Crippen LogP contribution < -0.4 is 0 Å². The summed E-state index contributed by atoms with van der Waals surface area (Å²) in [5.74, 6) is -0.371. The molecule has 0 N–H and O–H groups in total. The molecule has 0 aliphatic heterocycles. The quantitative estimate of drug-likeness (QED) is 0.413. The summed E-state index contributed by atoms with van der Waals surface area (Å²) >= 11 is 0. The normalized spacial score (nSPS) is 9.78. The van der Waals surface area contributed by atoms with Gasteiger partial charge in [-0.25, -0.2) is 4.79 Å². The highest BCUT2D eigenvalue weighted by atomic mass is 35.5. The lowest BCUT2D eigenvalue weighted by atomic mass is 10.2. The lowest BCUT2D eigenvalue weighted by Gasteiger charge is -2.13. The van der Waals surface area contributed by atoms with Gasteiger partial charge in [-0.3, -0.25) is 0 Å². The molecule has 4 heteroatoms. The van der Waals surface area contributed by atoms with Gasteiger partial charge in [0.25, 0.3) is 0 Å². The molecule has 0 spiro atoms. The van der Waals surface area contributed by atoms with E-state index < -0.39 is 0 Å². The van der Waals surface area contributed by atoms with Crippen molar-refractivity contribution in [2.45, 2.75) is 27.7 Å². The van der Waals surface area contributed by atoms with Crippen LogP contribution in [0.2, 0.25) is 0 Å².